The minimum Gasteiger partial charge on any atom is -0.367 e. The summed E-state index contributed by atoms with van der Waals surface area (Å²) >= 11 is 0. The van der Waals surface area contributed by atoms with Crippen molar-refractivity contribution in [2.75, 3.05) is 13.1 Å². The number of hydrogen-bond donors (Lipinski definition) is 2. The molecule has 0 aliphatic carbocycles. The number of nitrogens with one attached hydrogen (secondary N) is 1. The molecule has 2 atom stereocenters. The summed E-state index contributed by atoms with van der Waals surface area (Å²) in [5.41, 5.74) is 6.35. The van der Waals surface area contributed by atoms with Crippen LogP contribution in [0, 0.1) is 11.7 Å². The average Bonchev–Trinajstić information content (AvgIpc) is 3.29. The fraction of sp³-hybridized carbons (Fsp3) is 0.474. The van der Waals surface area contributed by atoms with Crippen molar-refractivity contribution >= 4 is 22.7 Å². The van der Waals surface area contributed by atoms with Crippen LogP contribution in [0.5, 0.6) is 0 Å². The largest absolute Gasteiger partial charge is 0.367 e. The van der Waals surface area contributed by atoms with Crippen molar-refractivity contribution < 1.29 is 18.7 Å². The number of rotatable bonds is 3. The predicted octanol–water partition coefficient (Wildman–Crippen LogP) is 2.19. The first kappa shape index (κ1) is 17.0. The second-order valence-electron chi connectivity index (χ2n) is 7.16. The van der Waals surface area contributed by atoms with Crippen LogP contribution in [-0.2, 0) is 9.53 Å². The van der Waals surface area contributed by atoms with Crippen molar-refractivity contribution in [2.45, 2.75) is 37.9 Å². The van der Waals surface area contributed by atoms with Gasteiger partial charge in [-0.25, -0.2) is 4.39 Å². The first-order chi connectivity index (χ1) is 12.5. The molecule has 1 aromatic heterocycles. The molecule has 26 heavy (non-hydrogen) atoms. The standard InChI is InChI=1S/C19H22FN3O3/c20-13-2-1-3-14-12(13)10-15(22-14)19(25)23-8-6-11(7-9-23)16-4-5-17(26-16)18(21)24/h1-3,10-11,16-17,22H,4-9H2,(H2,21,24)/t16-,17+/m0/s1. The van der Waals surface area contributed by atoms with Gasteiger partial charge < -0.3 is 20.4 Å². The maximum absolute atomic E-state index is 13.8. The fourth-order valence-electron chi connectivity index (χ4n) is 4.10. The summed E-state index contributed by atoms with van der Waals surface area (Å²) in [6.07, 6.45) is 2.76. The van der Waals surface area contributed by atoms with Gasteiger partial charge in [0, 0.05) is 24.0 Å². The van der Waals surface area contributed by atoms with Crippen molar-refractivity contribution in [3.05, 3.63) is 35.8 Å². The van der Waals surface area contributed by atoms with E-state index in [-0.39, 0.29) is 17.8 Å². The lowest BCUT2D eigenvalue weighted by molar-refractivity contribution is -0.130. The molecular formula is C19H22FN3O3. The van der Waals surface area contributed by atoms with E-state index in [4.69, 9.17) is 10.5 Å². The molecule has 1 aromatic carbocycles. The molecule has 6 nitrogen and oxygen atoms in total. The second kappa shape index (κ2) is 6.72. The van der Waals surface area contributed by atoms with E-state index >= 15 is 0 Å². The molecule has 2 aliphatic rings. The van der Waals surface area contributed by atoms with Crippen LogP contribution < -0.4 is 5.73 Å². The number of benzene rings is 1. The summed E-state index contributed by atoms with van der Waals surface area (Å²) in [5, 5.41) is 0.433. The Balaban J connectivity index is 1.39. The van der Waals surface area contributed by atoms with E-state index < -0.39 is 12.0 Å². The number of carbonyl (C=O) groups excluding carboxylic acids is 2. The Kier molecular flexibility index (Phi) is 4.40. The van der Waals surface area contributed by atoms with Crippen LogP contribution in [0.2, 0.25) is 0 Å². The highest BCUT2D eigenvalue weighted by Crippen LogP contribution is 2.32. The molecule has 4 rings (SSSR count). The predicted molar refractivity (Wildman–Crippen MR) is 94.0 cm³/mol. The summed E-state index contributed by atoms with van der Waals surface area (Å²) in [7, 11) is 0. The zero-order valence-electron chi connectivity index (χ0n) is 14.4. The molecule has 2 saturated heterocycles. The Morgan fingerprint density at radius 1 is 1.19 bits per heavy atom. The van der Waals surface area contributed by atoms with Crippen LogP contribution in [0.25, 0.3) is 10.9 Å². The van der Waals surface area contributed by atoms with Crippen LogP contribution in [0.15, 0.2) is 24.3 Å². The monoisotopic (exact) mass is 359 g/mol. The van der Waals surface area contributed by atoms with Gasteiger partial charge in [-0.05, 0) is 49.8 Å². The number of piperidine rings is 1. The Labute approximate surface area is 150 Å². The Hall–Kier alpha value is -2.41. The summed E-state index contributed by atoms with van der Waals surface area (Å²) in [6.45, 7) is 1.25. The Morgan fingerprint density at radius 3 is 2.62 bits per heavy atom. The molecule has 0 saturated carbocycles. The smallest absolute Gasteiger partial charge is 0.270 e. The first-order valence-corrected chi connectivity index (χ1v) is 9.04. The number of aromatic nitrogens is 1. The van der Waals surface area contributed by atoms with Crippen molar-refractivity contribution in [3.8, 4) is 0 Å². The third kappa shape index (κ3) is 3.07. The third-order valence-corrected chi connectivity index (χ3v) is 5.56. The molecule has 7 heteroatoms. The van der Waals surface area contributed by atoms with Gasteiger partial charge in [-0.2, -0.15) is 0 Å². The van der Waals surface area contributed by atoms with E-state index in [1.54, 1.807) is 23.1 Å². The number of primary amides is 1. The van der Waals surface area contributed by atoms with Gasteiger partial charge in [0.05, 0.1) is 6.10 Å². The van der Waals surface area contributed by atoms with Crippen LogP contribution >= 0.6 is 0 Å². The molecular weight excluding hydrogens is 337 g/mol. The van der Waals surface area contributed by atoms with Gasteiger partial charge in [-0.1, -0.05) is 6.07 Å². The molecule has 0 radical (unpaired) electrons. The first-order valence-electron chi connectivity index (χ1n) is 9.04. The topological polar surface area (TPSA) is 88.4 Å². The molecule has 0 spiro atoms. The zero-order valence-corrected chi connectivity index (χ0v) is 14.4. The molecule has 2 aliphatic heterocycles. The average molecular weight is 359 g/mol. The molecule has 2 aromatic rings. The SMILES string of the molecule is NC(=O)[C@H]1CC[C@@H](C2CCN(C(=O)c3cc4c(F)cccc4[nH]3)CC2)O1. The molecule has 3 N–H and O–H groups in total. The second-order valence-corrected chi connectivity index (χ2v) is 7.16. The lowest BCUT2D eigenvalue weighted by Crippen LogP contribution is -2.41. The van der Waals surface area contributed by atoms with Gasteiger partial charge in [0.15, 0.2) is 0 Å². The van der Waals surface area contributed by atoms with E-state index in [9.17, 15) is 14.0 Å². The zero-order chi connectivity index (χ0) is 18.3. The number of halogens is 1. The van der Waals surface area contributed by atoms with Crippen LogP contribution in [-0.4, -0.2) is 47.0 Å². The number of nitrogens with two attached hydrogens (primary N) is 1. The molecule has 2 amide bonds. The van der Waals surface area contributed by atoms with E-state index in [2.05, 4.69) is 4.98 Å². The quantitative estimate of drug-likeness (QED) is 0.880. The lowest BCUT2D eigenvalue weighted by Gasteiger charge is -2.34. The highest BCUT2D eigenvalue weighted by atomic mass is 19.1. The molecule has 3 heterocycles. The van der Waals surface area contributed by atoms with Crippen molar-refractivity contribution in [3.63, 3.8) is 0 Å². The van der Waals surface area contributed by atoms with Gasteiger partial charge in [-0.15, -0.1) is 0 Å². The molecule has 0 bridgehead atoms. The highest BCUT2D eigenvalue weighted by Gasteiger charge is 2.36. The Bertz CT molecular complexity index is 842. The molecule has 138 valence electrons. The number of carbonyl (C=O) groups is 2. The highest BCUT2D eigenvalue weighted by molar-refractivity contribution is 5.98. The number of fused-ring (bicyclic) bond motifs is 1. The molecule has 0 unspecified atom stereocenters. The minimum atomic E-state index is -0.471. The number of aromatic amines is 1. The fourth-order valence-corrected chi connectivity index (χ4v) is 4.10. The van der Waals surface area contributed by atoms with E-state index in [0.717, 1.165) is 19.3 Å². The normalized spacial score (nSPS) is 24.3. The summed E-state index contributed by atoms with van der Waals surface area (Å²) in [5.74, 6) is -0.505. The summed E-state index contributed by atoms with van der Waals surface area (Å²) < 4.78 is 19.6. The summed E-state index contributed by atoms with van der Waals surface area (Å²) in [6, 6.07) is 6.34. The van der Waals surface area contributed by atoms with Crippen LogP contribution in [0.4, 0.5) is 4.39 Å². The van der Waals surface area contributed by atoms with E-state index in [1.807, 2.05) is 0 Å². The Morgan fingerprint density at radius 2 is 1.96 bits per heavy atom. The number of amides is 2. The van der Waals surface area contributed by atoms with Gasteiger partial charge in [-0.3, -0.25) is 9.59 Å². The van der Waals surface area contributed by atoms with Gasteiger partial charge in [0.25, 0.3) is 5.91 Å². The number of ether oxygens (including phenoxy) is 1. The number of H-pyrrole nitrogens is 1. The van der Waals surface area contributed by atoms with Gasteiger partial charge in [0.2, 0.25) is 5.91 Å². The van der Waals surface area contributed by atoms with E-state index in [1.165, 1.54) is 6.07 Å². The minimum absolute atomic E-state index is 0.0481. The lowest BCUT2D eigenvalue weighted by atomic mass is 9.89. The van der Waals surface area contributed by atoms with Crippen molar-refractivity contribution in [1.82, 2.24) is 9.88 Å². The van der Waals surface area contributed by atoms with E-state index in [0.29, 0.717) is 42.0 Å². The number of likely N-dealkylation sites (tertiary alicyclic amines) is 1. The van der Waals surface area contributed by atoms with Crippen molar-refractivity contribution in [2.24, 2.45) is 11.7 Å². The van der Waals surface area contributed by atoms with Crippen LogP contribution in [0.3, 0.4) is 0 Å². The number of nitrogens with zero attached hydrogens (tertiary/aromatic N) is 1. The van der Waals surface area contributed by atoms with Gasteiger partial charge in [0.1, 0.15) is 17.6 Å². The third-order valence-electron chi connectivity index (χ3n) is 5.56. The molecule has 2 fully saturated rings. The maximum Gasteiger partial charge on any atom is 0.270 e. The van der Waals surface area contributed by atoms with Crippen LogP contribution in [0.1, 0.15) is 36.2 Å². The van der Waals surface area contributed by atoms with Crippen molar-refractivity contribution in [1.29, 1.82) is 0 Å². The van der Waals surface area contributed by atoms with Gasteiger partial charge >= 0.3 is 0 Å². The number of hydrogen-bond acceptors (Lipinski definition) is 3. The summed E-state index contributed by atoms with van der Waals surface area (Å²) in [4.78, 5) is 28.8. The maximum atomic E-state index is 13.8.